The molecule has 0 aliphatic rings. The molecular formula is C14H10Cl2FNO2. The third kappa shape index (κ3) is 3.26. The van der Waals surface area contributed by atoms with Gasteiger partial charge in [0.15, 0.2) is 0 Å². The molecule has 0 aliphatic heterocycles. The van der Waals surface area contributed by atoms with Crippen LogP contribution in [0.15, 0.2) is 42.5 Å². The Bertz CT molecular complexity index is 632. The predicted octanol–water partition coefficient (Wildman–Crippen LogP) is 4.91. The smallest absolute Gasteiger partial charge is 0.258 e. The quantitative estimate of drug-likeness (QED) is 0.457. The van der Waals surface area contributed by atoms with Crippen molar-refractivity contribution < 1.29 is 9.31 Å². The highest BCUT2D eigenvalue weighted by molar-refractivity contribution is 6.31. The summed E-state index contributed by atoms with van der Waals surface area (Å²) in [6, 6.07) is 10.7. The molecule has 0 spiro atoms. The Labute approximate surface area is 125 Å². The van der Waals surface area contributed by atoms with Gasteiger partial charge in [0.1, 0.15) is 5.82 Å². The molecule has 0 aromatic heterocycles. The van der Waals surface area contributed by atoms with Crippen LogP contribution in [-0.2, 0) is 6.42 Å². The number of non-ortho nitro benzene ring substituents is 1. The van der Waals surface area contributed by atoms with Crippen molar-refractivity contribution in [3.8, 4) is 0 Å². The van der Waals surface area contributed by atoms with E-state index < -0.39 is 16.1 Å². The van der Waals surface area contributed by atoms with Gasteiger partial charge in [0.25, 0.3) is 5.69 Å². The van der Waals surface area contributed by atoms with Crippen molar-refractivity contribution >= 4 is 28.9 Å². The molecular weight excluding hydrogens is 304 g/mol. The predicted molar refractivity (Wildman–Crippen MR) is 76.8 cm³/mol. The highest BCUT2D eigenvalue weighted by atomic mass is 35.5. The van der Waals surface area contributed by atoms with E-state index in [4.69, 9.17) is 23.2 Å². The Morgan fingerprint density at radius 2 is 1.85 bits per heavy atom. The third-order valence-electron chi connectivity index (χ3n) is 2.88. The van der Waals surface area contributed by atoms with Gasteiger partial charge in [0.05, 0.1) is 15.3 Å². The average molecular weight is 314 g/mol. The molecule has 0 radical (unpaired) electrons. The lowest BCUT2D eigenvalue weighted by Gasteiger charge is -2.11. The Morgan fingerprint density at radius 3 is 2.45 bits per heavy atom. The number of hydrogen-bond donors (Lipinski definition) is 0. The van der Waals surface area contributed by atoms with Crippen LogP contribution in [0, 0.1) is 15.9 Å². The van der Waals surface area contributed by atoms with Crippen LogP contribution in [0.2, 0.25) is 5.02 Å². The van der Waals surface area contributed by atoms with Crippen molar-refractivity contribution in [2.24, 2.45) is 0 Å². The molecule has 0 amide bonds. The van der Waals surface area contributed by atoms with Crippen molar-refractivity contribution in [2.75, 3.05) is 0 Å². The van der Waals surface area contributed by atoms with Crippen LogP contribution < -0.4 is 0 Å². The van der Waals surface area contributed by atoms with Crippen LogP contribution in [0.5, 0.6) is 0 Å². The molecule has 0 heterocycles. The zero-order valence-electron chi connectivity index (χ0n) is 10.2. The van der Waals surface area contributed by atoms with Gasteiger partial charge < -0.3 is 0 Å². The van der Waals surface area contributed by atoms with Gasteiger partial charge in [-0.2, -0.15) is 0 Å². The van der Waals surface area contributed by atoms with Gasteiger partial charge in [0, 0.05) is 17.7 Å². The van der Waals surface area contributed by atoms with Crippen molar-refractivity contribution in [1.82, 2.24) is 0 Å². The van der Waals surface area contributed by atoms with Crippen molar-refractivity contribution in [2.45, 2.75) is 11.8 Å². The zero-order valence-corrected chi connectivity index (χ0v) is 11.7. The molecule has 0 saturated carbocycles. The summed E-state index contributed by atoms with van der Waals surface area (Å²) in [5.41, 5.74) is 1.11. The fourth-order valence-electron chi connectivity index (χ4n) is 1.83. The Kier molecular flexibility index (Phi) is 4.57. The largest absolute Gasteiger partial charge is 0.269 e. The number of halogens is 3. The minimum atomic E-state index is -0.588. The van der Waals surface area contributed by atoms with E-state index in [1.807, 2.05) is 0 Å². The highest BCUT2D eigenvalue weighted by Crippen LogP contribution is 2.30. The Balaban J connectivity index is 2.17. The first-order chi connectivity index (χ1) is 9.49. The van der Waals surface area contributed by atoms with Gasteiger partial charge in [-0.1, -0.05) is 35.9 Å². The Morgan fingerprint density at radius 1 is 1.20 bits per heavy atom. The molecule has 20 heavy (non-hydrogen) atoms. The molecule has 2 aromatic carbocycles. The number of nitro groups is 1. The van der Waals surface area contributed by atoms with Crippen molar-refractivity contribution in [3.05, 3.63) is 74.5 Å². The lowest BCUT2D eigenvalue weighted by molar-refractivity contribution is -0.384. The van der Waals surface area contributed by atoms with Crippen LogP contribution in [0.25, 0.3) is 0 Å². The van der Waals surface area contributed by atoms with E-state index in [1.165, 1.54) is 18.2 Å². The van der Waals surface area contributed by atoms with Crippen LogP contribution in [0.4, 0.5) is 10.1 Å². The topological polar surface area (TPSA) is 43.1 Å². The number of benzene rings is 2. The summed E-state index contributed by atoms with van der Waals surface area (Å²) in [7, 11) is 0. The van der Waals surface area contributed by atoms with E-state index in [0.717, 1.165) is 5.56 Å². The fourth-order valence-corrected chi connectivity index (χ4v) is 2.36. The van der Waals surface area contributed by atoms with Crippen molar-refractivity contribution in [1.29, 1.82) is 0 Å². The molecule has 2 aromatic rings. The average Bonchev–Trinajstić information content (AvgIpc) is 2.42. The molecule has 6 heteroatoms. The second-order valence-electron chi connectivity index (χ2n) is 4.24. The normalized spacial score (nSPS) is 12.2. The first-order valence-electron chi connectivity index (χ1n) is 5.80. The molecule has 104 valence electrons. The summed E-state index contributed by atoms with van der Waals surface area (Å²) in [6.45, 7) is 0. The molecule has 2 rings (SSSR count). The van der Waals surface area contributed by atoms with Gasteiger partial charge in [-0.05, 0) is 18.1 Å². The van der Waals surface area contributed by atoms with Gasteiger partial charge in [0.2, 0.25) is 0 Å². The van der Waals surface area contributed by atoms with Crippen LogP contribution >= 0.6 is 23.2 Å². The summed E-state index contributed by atoms with van der Waals surface area (Å²) in [6.07, 6.45) is 0.358. The van der Waals surface area contributed by atoms with E-state index in [1.54, 1.807) is 24.3 Å². The third-order valence-corrected chi connectivity index (χ3v) is 3.56. The summed E-state index contributed by atoms with van der Waals surface area (Å²) in [4.78, 5) is 10.1. The van der Waals surface area contributed by atoms with Gasteiger partial charge >= 0.3 is 0 Å². The number of nitrogens with zero attached hydrogens (tertiary/aromatic N) is 1. The van der Waals surface area contributed by atoms with Crippen LogP contribution in [-0.4, -0.2) is 4.92 Å². The fraction of sp³-hybridized carbons (Fsp3) is 0.143. The van der Waals surface area contributed by atoms with E-state index >= 15 is 0 Å². The minimum absolute atomic E-state index is 0.00816. The van der Waals surface area contributed by atoms with E-state index in [2.05, 4.69) is 0 Å². The highest BCUT2D eigenvalue weighted by Gasteiger charge is 2.16. The maximum atomic E-state index is 13.8. The maximum absolute atomic E-state index is 13.8. The summed E-state index contributed by atoms with van der Waals surface area (Å²) >= 11 is 11.9. The monoisotopic (exact) mass is 313 g/mol. The standard InChI is InChI=1S/C14H10Cl2FNO2/c15-12-3-1-2-11(14(12)17)13(16)8-9-4-6-10(7-5-9)18(19)20/h1-7,13H,8H2. The SMILES string of the molecule is O=[N+]([O-])c1ccc(CC(Cl)c2cccc(Cl)c2F)cc1. The zero-order chi connectivity index (χ0) is 14.7. The molecule has 0 fully saturated rings. The van der Waals surface area contributed by atoms with E-state index in [9.17, 15) is 14.5 Å². The molecule has 1 atom stereocenters. The first kappa shape index (κ1) is 14.8. The number of nitro benzene ring substituents is 1. The lowest BCUT2D eigenvalue weighted by Crippen LogP contribution is -2.00. The van der Waals surface area contributed by atoms with Crippen LogP contribution in [0.1, 0.15) is 16.5 Å². The minimum Gasteiger partial charge on any atom is -0.258 e. The summed E-state index contributed by atoms with van der Waals surface area (Å²) < 4.78 is 13.8. The Hall–Kier alpha value is -1.65. The summed E-state index contributed by atoms with van der Waals surface area (Å²) in [5.74, 6) is -0.531. The second kappa shape index (κ2) is 6.20. The first-order valence-corrected chi connectivity index (χ1v) is 6.62. The van der Waals surface area contributed by atoms with E-state index in [-0.39, 0.29) is 10.7 Å². The van der Waals surface area contributed by atoms with E-state index in [0.29, 0.717) is 12.0 Å². The van der Waals surface area contributed by atoms with Gasteiger partial charge in [-0.3, -0.25) is 10.1 Å². The second-order valence-corrected chi connectivity index (χ2v) is 5.17. The molecule has 0 N–H and O–H groups in total. The molecule has 3 nitrogen and oxygen atoms in total. The van der Waals surface area contributed by atoms with Crippen molar-refractivity contribution in [3.63, 3.8) is 0 Å². The maximum Gasteiger partial charge on any atom is 0.269 e. The van der Waals surface area contributed by atoms with Gasteiger partial charge in [-0.15, -0.1) is 11.6 Å². The van der Waals surface area contributed by atoms with Crippen LogP contribution in [0.3, 0.4) is 0 Å². The number of rotatable bonds is 4. The molecule has 0 saturated heterocycles. The number of hydrogen-bond acceptors (Lipinski definition) is 2. The molecule has 0 bridgehead atoms. The molecule has 0 aliphatic carbocycles. The molecule has 1 unspecified atom stereocenters. The lowest BCUT2D eigenvalue weighted by atomic mass is 10.0. The summed E-state index contributed by atoms with van der Waals surface area (Å²) in [5, 5.41) is 9.99. The number of alkyl halides is 1. The van der Waals surface area contributed by atoms with Gasteiger partial charge in [-0.25, -0.2) is 4.39 Å².